The quantitative estimate of drug-likeness (QED) is 0.167. The molecule has 10 nitrogen and oxygen atoms in total. The number of carbonyl (C=O) groups excluding carboxylic acids is 1. The number of ketones is 1. The normalized spacial score (nSPS) is 15.0. The average molecular weight is 641 g/mol. The highest BCUT2D eigenvalue weighted by Gasteiger charge is 2.20. The number of hydrogen-bond donors (Lipinski definition) is 3. The summed E-state index contributed by atoms with van der Waals surface area (Å²) in [6.07, 6.45) is 12.6. The number of Topliss-reactive ketones (excluding diaryl/α,β-unsaturated/α-hetero) is 1. The molecule has 1 aliphatic heterocycles. The highest BCUT2D eigenvalue weighted by atomic mass is 16.4. The number of nitrogens with zero attached hydrogens (tertiary/aromatic N) is 4. The second-order valence-electron chi connectivity index (χ2n) is 11.5. The van der Waals surface area contributed by atoms with E-state index in [1.54, 1.807) is 31.6 Å². The maximum absolute atomic E-state index is 12.9. The van der Waals surface area contributed by atoms with Crippen LogP contribution in [0.4, 0.5) is 17.5 Å². The molecule has 47 heavy (non-hydrogen) atoms. The van der Waals surface area contributed by atoms with Crippen LogP contribution in [0.1, 0.15) is 78.0 Å². The first-order chi connectivity index (χ1) is 22.8. The van der Waals surface area contributed by atoms with E-state index in [9.17, 15) is 14.7 Å². The van der Waals surface area contributed by atoms with Crippen LogP contribution in [-0.4, -0.2) is 52.0 Å². The molecular weight excluding hydrogens is 592 g/mol. The molecule has 0 spiro atoms. The van der Waals surface area contributed by atoms with Gasteiger partial charge in [-0.25, -0.2) is 9.97 Å². The zero-order chi connectivity index (χ0) is 33.9. The summed E-state index contributed by atoms with van der Waals surface area (Å²) in [5, 5.41) is 17.7. The molecule has 1 aliphatic carbocycles. The molecule has 4 aromatic rings. The lowest BCUT2D eigenvalue weighted by molar-refractivity contribution is -0.113. The molecule has 0 radical (unpaired) electrons. The minimum atomic E-state index is -0.204. The van der Waals surface area contributed by atoms with Gasteiger partial charge in [-0.3, -0.25) is 14.6 Å². The fraction of sp³-hybridized carbons (Fsp3) is 0.432. The molecule has 3 aromatic heterocycles. The molecule has 250 valence electrons. The van der Waals surface area contributed by atoms with Crippen LogP contribution in [0.15, 0.2) is 57.6 Å². The highest BCUT2D eigenvalue weighted by Crippen LogP contribution is 2.35. The lowest BCUT2D eigenvalue weighted by Crippen LogP contribution is -2.43. The smallest absolute Gasteiger partial charge is 0.227 e. The van der Waals surface area contributed by atoms with E-state index >= 15 is 0 Å². The number of aryl methyl sites for hydroxylation is 1. The Balaban J connectivity index is 0.00000120. The third-order valence-corrected chi connectivity index (χ3v) is 8.35. The third-order valence-electron chi connectivity index (χ3n) is 8.35. The number of hydrogen-bond acceptors (Lipinski definition) is 10. The molecule has 2 fully saturated rings. The van der Waals surface area contributed by atoms with Gasteiger partial charge in [0.05, 0.1) is 23.0 Å². The molecule has 0 unspecified atom stereocenters. The number of carbonyl (C=O) groups is 1. The largest absolute Gasteiger partial charge is 0.507 e. The van der Waals surface area contributed by atoms with Crippen molar-refractivity contribution in [3.63, 3.8) is 0 Å². The summed E-state index contributed by atoms with van der Waals surface area (Å²) in [5.74, 6) is 1.53. The fourth-order valence-corrected chi connectivity index (χ4v) is 5.93. The number of phenols is 1. The Morgan fingerprint density at radius 2 is 1.79 bits per heavy atom. The zero-order valence-corrected chi connectivity index (χ0v) is 28.5. The lowest BCUT2D eigenvalue weighted by atomic mass is 9.94. The van der Waals surface area contributed by atoms with Gasteiger partial charge in [-0.05, 0) is 56.0 Å². The van der Waals surface area contributed by atoms with Crippen LogP contribution >= 0.6 is 0 Å². The Morgan fingerprint density at radius 3 is 2.47 bits per heavy atom. The van der Waals surface area contributed by atoms with E-state index in [-0.39, 0.29) is 17.0 Å². The molecule has 1 saturated carbocycles. The summed E-state index contributed by atoms with van der Waals surface area (Å²) < 4.78 is 6.13. The minimum Gasteiger partial charge on any atom is -0.507 e. The van der Waals surface area contributed by atoms with Gasteiger partial charge in [0.15, 0.2) is 17.1 Å². The monoisotopic (exact) mass is 640 g/mol. The predicted molar refractivity (Wildman–Crippen MR) is 190 cm³/mol. The number of pyridine rings is 1. The SMILES string of the molecule is CC.CC.CC(=O)/C(=C/c1cnc(Nc2cncc(-c3cc4oc(N5CCNCC5)cc(=O)c4cc3O)c2)nc1C)CC1CCCC1. The van der Waals surface area contributed by atoms with Gasteiger partial charge in [0.2, 0.25) is 5.95 Å². The number of aromatic nitrogens is 3. The standard InChI is InChI=1S/C33H36N6O4.2C2H6/c1-20-24(12-23(21(2)40)11-22-5-3-4-6-22)18-36-33(37-20)38-26-13-25(17-35-19-26)27-15-31-28(14-29(27)41)30(42)16-32(43-31)39-9-7-34-8-10-39;2*1-2/h12-19,22,34,41H,3-11H2,1-2H3,(H,36,37,38);2*1-2H3/b23-12+;;. The molecule has 0 atom stereocenters. The van der Waals surface area contributed by atoms with Crippen molar-refractivity contribution in [2.75, 3.05) is 36.4 Å². The second-order valence-corrected chi connectivity index (χ2v) is 11.5. The van der Waals surface area contributed by atoms with Gasteiger partial charge in [-0.15, -0.1) is 0 Å². The van der Waals surface area contributed by atoms with Crippen LogP contribution < -0.4 is 21.0 Å². The molecule has 4 heterocycles. The van der Waals surface area contributed by atoms with E-state index in [1.807, 2.05) is 51.7 Å². The van der Waals surface area contributed by atoms with Crippen LogP contribution in [-0.2, 0) is 4.79 Å². The molecule has 1 saturated heterocycles. The van der Waals surface area contributed by atoms with Crippen LogP contribution in [0.2, 0.25) is 0 Å². The summed E-state index contributed by atoms with van der Waals surface area (Å²) in [6, 6.07) is 6.43. The van der Waals surface area contributed by atoms with Gasteiger partial charge in [0.1, 0.15) is 11.3 Å². The molecule has 2 aliphatic rings. The Bertz CT molecular complexity index is 1750. The zero-order valence-electron chi connectivity index (χ0n) is 28.5. The first kappa shape index (κ1) is 35.3. The Labute approximate surface area is 277 Å². The summed E-state index contributed by atoms with van der Waals surface area (Å²) in [6.45, 7) is 14.6. The highest BCUT2D eigenvalue weighted by molar-refractivity contribution is 5.97. The van der Waals surface area contributed by atoms with Gasteiger partial charge in [0, 0.05) is 61.3 Å². The molecule has 10 heteroatoms. The molecule has 1 aromatic carbocycles. The average Bonchev–Trinajstić information content (AvgIpc) is 3.61. The predicted octanol–water partition coefficient (Wildman–Crippen LogP) is 7.42. The number of fused-ring (bicyclic) bond motifs is 1. The third kappa shape index (κ3) is 8.83. The first-order valence-electron chi connectivity index (χ1n) is 16.9. The lowest BCUT2D eigenvalue weighted by Gasteiger charge is -2.27. The van der Waals surface area contributed by atoms with Crippen LogP contribution in [0, 0.1) is 12.8 Å². The van der Waals surface area contributed by atoms with Crippen molar-refractivity contribution in [2.45, 2.75) is 73.6 Å². The summed E-state index contributed by atoms with van der Waals surface area (Å²) in [4.78, 5) is 40.7. The van der Waals surface area contributed by atoms with Crippen molar-refractivity contribution < 1.29 is 14.3 Å². The Hall–Kier alpha value is -4.57. The molecular formula is C37H48N6O4. The fourth-order valence-electron chi connectivity index (χ4n) is 5.93. The second kappa shape index (κ2) is 16.8. The van der Waals surface area contributed by atoms with Crippen molar-refractivity contribution in [1.82, 2.24) is 20.3 Å². The van der Waals surface area contributed by atoms with Crippen molar-refractivity contribution in [3.8, 4) is 16.9 Å². The number of rotatable bonds is 8. The van der Waals surface area contributed by atoms with Gasteiger partial charge < -0.3 is 25.1 Å². The molecule has 3 N–H and O–H groups in total. The van der Waals surface area contributed by atoms with Crippen molar-refractivity contribution >= 4 is 40.3 Å². The summed E-state index contributed by atoms with van der Waals surface area (Å²) in [5.41, 5.74) is 4.34. The number of allylic oxidation sites excluding steroid dienone is 1. The van der Waals surface area contributed by atoms with E-state index < -0.39 is 0 Å². The number of aromatic hydroxyl groups is 1. The van der Waals surface area contributed by atoms with E-state index in [0.717, 1.165) is 49.4 Å². The number of piperazine rings is 1. The van der Waals surface area contributed by atoms with Gasteiger partial charge >= 0.3 is 0 Å². The van der Waals surface area contributed by atoms with E-state index in [1.165, 1.54) is 37.8 Å². The molecule has 0 amide bonds. The summed E-state index contributed by atoms with van der Waals surface area (Å²) in [7, 11) is 0. The van der Waals surface area contributed by atoms with Crippen molar-refractivity contribution in [2.24, 2.45) is 5.92 Å². The first-order valence-corrected chi connectivity index (χ1v) is 16.9. The van der Waals surface area contributed by atoms with E-state index in [4.69, 9.17) is 4.42 Å². The maximum Gasteiger partial charge on any atom is 0.227 e. The number of phenolic OH excluding ortho intramolecular Hbond substituents is 1. The minimum absolute atomic E-state index is 0.0456. The van der Waals surface area contributed by atoms with Gasteiger partial charge in [0.25, 0.3) is 0 Å². The summed E-state index contributed by atoms with van der Waals surface area (Å²) >= 11 is 0. The number of benzene rings is 1. The molecule has 0 bridgehead atoms. The van der Waals surface area contributed by atoms with Crippen molar-refractivity contribution in [1.29, 1.82) is 0 Å². The van der Waals surface area contributed by atoms with Crippen LogP contribution in [0.5, 0.6) is 5.75 Å². The van der Waals surface area contributed by atoms with E-state index in [0.29, 0.717) is 45.5 Å². The van der Waals surface area contributed by atoms with Crippen molar-refractivity contribution in [3.05, 3.63) is 69.9 Å². The van der Waals surface area contributed by atoms with Gasteiger partial charge in [-0.1, -0.05) is 53.4 Å². The van der Waals surface area contributed by atoms with Crippen LogP contribution in [0.3, 0.4) is 0 Å². The van der Waals surface area contributed by atoms with Crippen LogP contribution in [0.25, 0.3) is 28.2 Å². The number of nitrogens with one attached hydrogen (secondary N) is 2. The number of anilines is 3. The van der Waals surface area contributed by atoms with Gasteiger partial charge in [-0.2, -0.15) is 0 Å². The molecule has 6 rings (SSSR count). The van der Waals surface area contributed by atoms with E-state index in [2.05, 4.69) is 25.6 Å². The Kier molecular flexibility index (Phi) is 12.6. The maximum atomic E-state index is 12.9. The topological polar surface area (TPSA) is 133 Å². The Morgan fingerprint density at radius 1 is 1.06 bits per heavy atom.